The van der Waals surface area contributed by atoms with Crippen molar-refractivity contribution >= 4 is 23.3 Å². The molecule has 3 rings (SSSR count). The number of hydrogen-bond donors (Lipinski definition) is 1. The summed E-state index contributed by atoms with van der Waals surface area (Å²) < 4.78 is 42.2. The van der Waals surface area contributed by atoms with Crippen LogP contribution in [-0.4, -0.2) is 9.55 Å². The van der Waals surface area contributed by atoms with Crippen molar-refractivity contribution in [2.24, 2.45) is 0 Å². The Bertz CT molecular complexity index is 815. The average molecular weight is 280 g/mol. The lowest BCUT2D eigenvalue weighted by Gasteiger charge is -2.07. The summed E-state index contributed by atoms with van der Waals surface area (Å²) in [7, 11) is 0. The van der Waals surface area contributed by atoms with Crippen LogP contribution in [-0.2, 0) is 0 Å². The number of imidazole rings is 1. The summed E-state index contributed by atoms with van der Waals surface area (Å²) in [5.74, 6) is -2.03. The average Bonchev–Trinajstić information content (AvgIpc) is 2.66. The summed E-state index contributed by atoms with van der Waals surface area (Å²) in [6.45, 7) is 0. The summed E-state index contributed by atoms with van der Waals surface area (Å²) in [6, 6.07) is 7.39. The van der Waals surface area contributed by atoms with E-state index in [0.717, 1.165) is 16.7 Å². The second-order valence-corrected chi connectivity index (χ2v) is 4.38. The van der Waals surface area contributed by atoms with Gasteiger partial charge in [0.15, 0.2) is 4.77 Å². The minimum atomic E-state index is -0.763. The zero-order chi connectivity index (χ0) is 13.6. The van der Waals surface area contributed by atoms with Gasteiger partial charge < -0.3 is 4.98 Å². The normalized spacial score (nSPS) is 11.1. The standard InChI is InChI=1S/C13H7F3N2S/c14-7-4-5-10-11(6-7)18(13(19)17-10)12-8(15)2-1-3-9(12)16/h1-6H,(H,17,19). The van der Waals surface area contributed by atoms with Crippen LogP contribution in [0.5, 0.6) is 0 Å². The molecule has 3 aromatic rings. The maximum atomic E-state index is 13.8. The minimum Gasteiger partial charge on any atom is -0.330 e. The molecule has 0 bridgehead atoms. The van der Waals surface area contributed by atoms with Crippen LogP contribution in [0.25, 0.3) is 16.7 Å². The molecule has 2 nitrogen and oxygen atoms in total. The fraction of sp³-hybridized carbons (Fsp3) is 0. The molecule has 0 saturated heterocycles. The van der Waals surface area contributed by atoms with E-state index in [1.54, 1.807) is 0 Å². The van der Waals surface area contributed by atoms with Gasteiger partial charge in [0.25, 0.3) is 0 Å². The van der Waals surface area contributed by atoms with Gasteiger partial charge in [-0.3, -0.25) is 4.57 Å². The first-order valence-corrected chi connectivity index (χ1v) is 5.83. The predicted molar refractivity (Wildman–Crippen MR) is 68.3 cm³/mol. The van der Waals surface area contributed by atoms with E-state index in [1.807, 2.05) is 0 Å². The molecule has 0 radical (unpaired) electrons. The van der Waals surface area contributed by atoms with Crippen molar-refractivity contribution in [1.82, 2.24) is 9.55 Å². The van der Waals surface area contributed by atoms with E-state index in [0.29, 0.717) is 5.52 Å². The second-order valence-electron chi connectivity index (χ2n) is 4.00. The molecule has 0 saturated carbocycles. The number of aromatic nitrogens is 2. The Morgan fingerprint density at radius 1 is 1.00 bits per heavy atom. The molecule has 0 aliphatic rings. The zero-order valence-corrected chi connectivity index (χ0v) is 10.3. The van der Waals surface area contributed by atoms with Gasteiger partial charge in [-0.1, -0.05) is 6.07 Å². The van der Waals surface area contributed by atoms with Gasteiger partial charge in [0, 0.05) is 6.07 Å². The molecular formula is C13H7F3N2S. The Labute approximate surface area is 111 Å². The minimum absolute atomic E-state index is 0.101. The number of fused-ring (bicyclic) bond motifs is 1. The summed E-state index contributed by atoms with van der Waals surface area (Å²) in [5, 5.41) is 0. The third kappa shape index (κ3) is 1.84. The topological polar surface area (TPSA) is 20.7 Å². The summed E-state index contributed by atoms with van der Waals surface area (Å²) >= 11 is 5.05. The van der Waals surface area contributed by atoms with Crippen LogP contribution in [0.3, 0.4) is 0 Å². The molecule has 0 atom stereocenters. The first-order valence-electron chi connectivity index (χ1n) is 5.42. The maximum Gasteiger partial charge on any atom is 0.182 e. The zero-order valence-electron chi connectivity index (χ0n) is 9.45. The maximum absolute atomic E-state index is 13.8. The molecule has 1 N–H and O–H groups in total. The van der Waals surface area contributed by atoms with Crippen molar-refractivity contribution in [1.29, 1.82) is 0 Å². The van der Waals surface area contributed by atoms with E-state index in [4.69, 9.17) is 12.2 Å². The number of H-pyrrole nitrogens is 1. The number of aromatic amines is 1. The third-order valence-electron chi connectivity index (χ3n) is 2.81. The number of benzene rings is 2. The van der Waals surface area contributed by atoms with Gasteiger partial charge in [0.1, 0.15) is 23.1 Å². The van der Waals surface area contributed by atoms with Crippen LogP contribution in [0, 0.1) is 22.2 Å². The van der Waals surface area contributed by atoms with Crippen molar-refractivity contribution in [2.45, 2.75) is 0 Å². The van der Waals surface area contributed by atoms with Gasteiger partial charge >= 0.3 is 0 Å². The highest BCUT2D eigenvalue weighted by atomic mass is 32.1. The van der Waals surface area contributed by atoms with Gasteiger partial charge in [0.05, 0.1) is 11.0 Å². The molecule has 0 fully saturated rings. The molecule has 2 aromatic carbocycles. The quantitative estimate of drug-likeness (QED) is 0.665. The van der Waals surface area contributed by atoms with Crippen LogP contribution in [0.2, 0.25) is 0 Å². The number of para-hydroxylation sites is 1. The van der Waals surface area contributed by atoms with Crippen LogP contribution >= 0.6 is 12.2 Å². The van der Waals surface area contributed by atoms with E-state index in [9.17, 15) is 13.2 Å². The Hall–Kier alpha value is -2.08. The van der Waals surface area contributed by atoms with Crippen molar-refractivity contribution in [2.75, 3.05) is 0 Å². The van der Waals surface area contributed by atoms with E-state index in [2.05, 4.69) is 4.98 Å². The second kappa shape index (κ2) is 4.24. The molecule has 0 aliphatic carbocycles. The van der Waals surface area contributed by atoms with Crippen LogP contribution in [0.1, 0.15) is 0 Å². The van der Waals surface area contributed by atoms with E-state index >= 15 is 0 Å². The first kappa shape index (κ1) is 12.0. The number of hydrogen-bond acceptors (Lipinski definition) is 1. The Balaban J connectivity index is 2.46. The van der Waals surface area contributed by atoms with Crippen molar-refractivity contribution in [3.05, 3.63) is 58.6 Å². The monoisotopic (exact) mass is 280 g/mol. The van der Waals surface area contributed by atoms with Gasteiger partial charge in [0.2, 0.25) is 0 Å². The highest BCUT2D eigenvalue weighted by Crippen LogP contribution is 2.24. The molecule has 1 heterocycles. The van der Waals surface area contributed by atoms with Gasteiger partial charge in [-0.05, 0) is 36.5 Å². The third-order valence-corrected chi connectivity index (χ3v) is 3.09. The number of halogens is 3. The van der Waals surface area contributed by atoms with Crippen molar-refractivity contribution in [3.63, 3.8) is 0 Å². The smallest absolute Gasteiger partial charge is 0.182 e. The highest BCUT2D eigenvalue weighted by Gasteiger charge is 2.15. The molecule has 0 spiro atoms. The van der Waals surface area contributed by atoms with Gasteiger partial charge in [-0.2, -0.15) is 0 Å². The first-order chi connectivity index (χ1) is 9.08. The lowest BCUT2D eigenvalue weighted by molar-refractivity contribution is 0.570. The van der Waals surface area contributed by atoms with E-state index < -0.39 is 17.5 Å². The summed E-state index contributed by atoms with van der Waals surface area (Å²) in [6.07, 6.45) is 0. The van der Waals surface area contributed by atoms with E-state index in [-0.39, 0.29) is 16.0 Å². The Kier molecular flexibility index (Phi) is 2.67. The Morgan fingerprint density at radius 3 is 2.37 bits per heavy atom. The molecule has 19 heavy (non-hydrogen) atoms. The summed E-state index contributed by atoms with van der Waals surface area (Å²) in [4.78, 5) is 2.78. The van der Waals surface area contributed by atoms with Crippen LogP contribution < -0.4 is 0 Å². The van der Waals surface area contributed by atoms with Gasteiger partial charge in [-0.25, -0.2) is 13.2 Å². The van der Waals surface area contributed by atoms with Crippen molar-refractivity contribution < 1.29 is 13.2 Å². The predicted octanol–water partition coefficient (Wildman–Crippen LogP) is 4.11. The molecule has 6 heteroatoms. The van der Waals surface area contributed by atoms with Crippen LogP contribution in [0.4, 0.5) is 13.2 Å². The largest absolute Gasteiger partial charge is 0.330 e. The molecule has 0 amide bonds. The fourth-order valence-corrected chi connectivity index (χ4v) is 2.30. The number of nitrogens with one attached hydrogen (secondary N) is 1. The molecule has 0 aliphatic heterocycles. The molecular weight excluding hydrogens is 273 g/mol. The lowest BCUT2D eigenvalue weighted by atomic mass is 10.2. The number of rotatable bonds is 1. The SMILES string of the molecule is Fc1ccc2[nH]c(=S)n(-c3c(F)cccc3F)c2c1. The molecule has 1 aromatic heterocycles. The molecule has 96 valence electrons. The van der Waals surface area contributed by atoms with E-state index in [1.165, 1.54) is 24.3 Å². The van der Waals surface area contributed by atoms with Gasteiger partial charge in [-0.15, -0.1) is 0 Å². The van der Waals surface area contributed by atoms with Crippen molar-refractivity contribution in [3.8, 4) is 5.69 Å². The lowest BCUT2D eigenvalue weighted by Crippen LogP contribution is -2.01. The molecule has 0 unspecified atom stereocenters. The highest BCUT2D eigenvalue weighted by molar-refractivity contribution is 7.71. The van der Waals surface area contributed by atoms with Crippen LogP contribution in [0.15, 0.2) is 36.4 Å². The summed E-state index contributed by atoms with van der Waals surface area (Å²) in [5.41, 5.74) is 0.479. The Morgan fingerprint density at radius 2 is 1.68 bits per heavy atom. The number of nitrogens with zero attached hydrogens (tertiary/aromatic N) is 1. The fourth-order valence-electron chi connectivity index (χ4n) is 2.00.